The van der Waals surface area contributed by atoms with Crippen LogP contribution < -0.4 is 0 Å². The Labute approximate surface area is 95.9 Å². The number of carbonyl (C=O) groups is 1. The number of rotatable bonds is 1. The smallest absolute Gasteiger partial charge is 0.162 e. The molecule has 1 aromatic heterocycles. The van der Waals surface area contributed by atoms with E-state index in [0.717, 1.165) is 16.6 Å². The normalized spacial score (nSPS) is 11.1. The van der Waals surface area contributed by atoms with Gasteiger partial charge in [-0.1, -0.05) is 12.1 Å². The van der Waals surface area contributed by atoms with Gasteiger partial charge in [0.1, 0.15) is 0 Å². The maximum atomic E-state index is 11.7. The summed E-state index contributed by atoms with van der Waals surface area (Å²) >= 11 is 0. The van der Waals surface area contributed by atoms with Crippen molar-refractivity contribution >= 4 is 16.7 Å². The minimum absolute atomic E-state index is 0.145. The third kappa shape index (κ3) is 1.29. The summed E-state index contributed by atoms with van der Waals surface area (Å²) in [5.41, 5.74) is 5.62. The van der Waals surface area contributed by atoms with Crippen molar-refractivity contribution in [3.8, 4) is 0 Å². The molecule has 84 valence electrons. The van der Waals surface area contributed by atoms with Gasteiger partial charge in [-0.2, -0.15) is 0 Å². The van der Waals surface area contributed by atoms with E-state index in [2.05, 4.69) is 30.5 Å². The number of nitrogens with zero attached hydrogens (tertiary/aromatic N) is 1. The molecule has 2 nitrogen and oxygen atoms in total. The largest absolute Gasteiger partial charge is 0.347 e. The van der Waals surface area contributed by atoms with Crippen molar-refractivity contribution in [2.24, 2.45) is 7.05 Å². The molecule has 0 unspecified atom stereocenters. The Bertz CT molecular complexity index is 591. The third-order valence-corrected chi connectivity index (χ3v) is 3.52. The number of aryl methyl sites for hydroxylation is 3. The predicted octanol–water partition coefficient (Wildman–Crippen LogP) is 3.31. The fourth-order valence-electron chi connectivity index (χ4n) is 2.41. The van der Waals surface area contributed by atoms with Gasteiger partial charge in [0.2, 0.25) is 0 Å². The average Bonchev–Trinajstić information content (AvgIpc) is 2.46. The van der Waals surface area contributed by atoms with E-state index < -0.39 is 0 Å². The predicted molar refractivity (Wildman–Crippen MR) is 67.1 cm³/mol. The van der Waals surface area contributed by atoms with Crippen molar-refractivity contribution in [1.29, 1.82) is 0 Å². The summed E-state index contributed by atoms with van der Waals surface area (Å²) in [4.78, 5) is 11.7. The Morgan fingerprint density at radius 1 is 1.19 bits per heavy atom. The summed E-state index contributed by atoms with van der Waals surface area (Å²) in [5, 5.41) is 1.08. The number of carbonyl (C=O) groups excluding carboxylic acids is 1. The fraction of sp³-hybridized carbons (Fsp3) is 0.357. The molecule has 0 saturated heterocycles. The zero-order valence-corrected chi connectivity index (χ0v) is 10.5. The number of hydrogen-bond donors (Lipinski definition) is 0. The van der Waals surface area contributed by atoms with E-state index in [4.69, 9.17) is 0 Å². The van der Waals surface area contributed by atoms with E-state index in [9.17, 15) is 4.79 Å². The van der Waals surface area contributed by atoms with E-state index in [0.29, 0.717) is 0 Å². The lowest BCUT2D eigenvalue weighted by Gasteiger charge is -2.05. The molecule has 0 N–H and O–H groups in total. The molecule has 1 aromatic carbocycles. The van der Waals surface area contributed by atoms with Crippen LogP contribution in [0.15, 0.2) is 12.1 Å². The zero-order chi connectivity index (χ0) is 12.0. The number of hydrogen-bond acceptors (Lipinski definition) is 1. The summed E-state index contributed by atoms with van der Waals surface area (Å²) in [6.07, 6.45) is 0. The van der Waals surface area contributed by atoms with Crippen molar-refractivity contribution in [1.82, 2.24) is 4.57 Å². The zero-order valence-electron chi connectivity index (χ0n) is 10.5. The van der Waals surface area contributed by atoms with Crippen molar-refractivity contribution in [2.75, 3.05) is 0 Å². The Morgan fingerprint density at radius 2 is 1.81 bits per heavy atom. The van der Waals surface area contributed by atoms with Crippen LogP contribution in [0.4, 0.5) is 0 Å². The van der Waals surface area contributed by atoms with Crippen LogP contribution in [0.1, 0.15) is 34.1 Å². The number of Topliss-reactive ketones (excluding diaryl/α,β-unsaturated/α-hetero) is 1. The summed E-state index contributed by atoms with van der Waals surface area (Å²) in [6, 6.07) is 4.14. The lowest BCUT2D eigenvalue weighted by atomic mass is 10.0. The summed E-state index contributed by atoms with van der Waals surface area (Å²) in [7, 11) is 2.02. The van der Waals surface area contributed by atoms with E-state index in [1.165, 1.54) is 16.6 Å². The highest BCUT2D eigenvalue weighted by Gasteiger charge is 2.16. The van der Waals surface area contributed by atoms with Crippen molar-refractivity contribution in [2.45, 2.75) is 27.7 Å². The number of ketones is 1. The van der Waals surface area contributed by atoms with Crippen molar-refractivity contribution in [3.05, 3.63) is 34.5 Å². The van der Waals surface area contributed by atoms with Crippen molar-refractivity contribution < 1.29 is 4.79 Å². The summed E-state index contributed by atoms with van der Waals surface area (Å²) in [5.74, 6) is 0.145. The minimum atomic E-state index is 0.145. The monoisotopic (exact) mass is 215 g/mol. The summed E-state index contributed by atoms with van der Waals surface area (Å²) in [6.45, 7) is 7.86. The van der Waals surface area contributed by atoms with E-state index in [1.54, 1.807) is 6.92 Å². The van der Waals surface area contributed by atoms with Crippen LogP contribution in [-0.2, 0) is 7.05 Å². The molecule has 0 amide bonds. The molecule has 0 atom stereocenters. The Hall–Kier alpha value is -1.57. The van der Waals surface area contributed by atoms with Gasteiger partial charge in [-0.05, 0) is 38.8 Å². The Morgan fingerprint density at radius 3 is 2.38 bits per heavy atom. The SMILES string of the molecule is CC(=O)c1c(C)n(C)c2c(C)c(C)ccc12. The molecule has 2 aromatic rings. The molecule has 0 fully saturated rings. The first-order chi connectivity index (χ1) is 7.45. The lowest BCUT2D eigenvalue weighted by Crippen LogP contribution is -1.96. The van der Waals surface area contributed by atoms with Crippen LogP contribution in [0.3, 0.4) is 0 Å². The average molecular weight is 215 g/mol. The van der Waals surface area contributed by atoms with Gasteiger partial charge < -0.3 is 4.57 Å². The van der Waals surface area contributed by atoms with Crippen LogP contribution in [0.5, 0.6) is 0 Å². The van der Waals surface area contributed by atoms with Gasteiger partial charge in [0.15, 0.2) is 5.78 Å². The van der Waals surface area contributed by atoms with Gasteiger partial charge in [-0.25, -0.2) is 0 Å². The molecule has 0 radical (unpaired) electrons. The molecule has 0 saturated carbocycles. The Kier molecular flexibility index (Phi) is 2.38. The first-order valence-corrected chi connectivity index (χ1v) is 5.51. The highest BCUT2D eigenvalue weighted by Crippen LogP contribution is 2.29. The topological polar surface area (TPSA) is 22.0 Å². The molecule has 2 heteroatoms. The molecule has 1 heterocycles. The first kappa shape index (κ1) is 10.9. The molecule has 0 aliphatic carbocycles. The van der Waals surface area contributed by atoms with Crippen LogP contribution >= 0.6 is 0 Å². The molecule has 0 bridgehead atoms. The number of benzene rings is 1. The molecule has 2 rings (SSSR count). The van der Waals surface area contributed by atoms with Crippen LogP contribution in [-0.4, -0.2) is 10.4 Å². The molecule has 16 heavy (non-hydrogen) atoms. The van der Waals surface area contributed by atoms with Gasteiger partial charge in [-0.3, -0.25) is 4.79 Å². The minimum Gasteiger partial charge on any atom is -0.347 e. The van der Waals surface area contributed by atoms with Gasteiger partial charge >= 0.3 is 0 Å². The van der Waals surface area contributed by atoms with Gasteiger partial charge in [0, 0.05) is 23.7 Å². The molecule has 0 aliphatic rings. The standard InChI is InChI=1S/C14H17NO/c1-8-6-7-12-13(11(4)16)10(3)15(5)14(12)9(8)2/h6-7H,1-5H3. The quantitative estimate of drug-likeness (QED) is 0.669. The van der Waals surface area contributed by atoms with Crippen LogP contribution in [0.25, 0.3) is 10.9 Å². The van der Waals surface area contributed by atoms with E-state index in [-0.39, 0.29) is 5.78 Å². The maximum absolute atomic E-state index is 11.7. The lowest BCUT2D eigenvalue weighted by molar-refractivity contribution is 0.101. The molecule has 0 aliphatic heterocycles. The molecular formula is C14H17NO. The van der Waals surface area contributed by atoms with Gasteiger partial charge in [-0.15, -0.1) is 0 Å². The number of fused-ring (bicyclic) bond motifs is 1. The van der Waals surface area contributed by atoms with Crippen LogP contribution in [0.2, 0.25) is 0 Å². The third-order valence-electron chi connectivity index (χ3n) is 3.52. The second-order valence-electron chi connectivity index (χ2n) is 4.48. The second kappa shape index (κ2) is 3.48. The van der Waals surface area contributed by atoms with Crippen LogP contribution in [0, 0.1) is 20.8 Å². The van der Waals surface area contributed by atoms with E-state index in [1.807, 2.05) is 14.0 Å². The van der Waals surface area contributed by atoms with Crippen molar-refractivity contribution in [3.63, 3.8) is 0 Å². The first-order valence-electron chi connectivity index (χ1n) is 5.51. The van der Waals surface area contributed by atoms with Gasteiger partial charge in [0.25, 0.3) is 0 Å². The molecular weight excluding hydrogens is 198 g/mol. The van der Waals surface area contributed by atoms with Gasteiger partial charge in [0.05, 0.1) is 5.52 Å². The highest BCUT2D eigenvalue weighted by atomic mass is 16.1. The second-order valence-corrected chi connectivity index (χ2v) is 4.48. The number of aromatic nitrogens is 1. The summed E-state index contributed by atoms with van der Waals surface area (Å²) < 4.78 is 2.12. The maximum Gasteiger partial charge on any atom is 0.162 e. The Balaban J connectivity index is 3.01. The fourth-order valence-corrected chi connectivity index (χ4v) is 2.41. The van der Waals surface area contributed by atoms with E-state index >= 15 is 0 Å². The highest BCUT2D eigenvalue weighted by molar-refractivity contribution is 6.09. The molecule has 0 spiro atoms.